The molecular weight excluding hydrogens is 418 g/mol. The van der Waals surface area contributed by atoms with E-state index in [1.54, 1.807) is 6.92 Å². The lowest BCUT2D eigenvalue weighted by molar-refractivity contribution is 0.0319. The summed E-state index contributed by atoms with van der Waals surface area (Å²) in [7, 11) is -2.82. The number of carbonyl (C=O) groups excluding carboxylic acids is 1. The second-order valence-corrected chi connectivity index (χ2v) is 9.11. The molecule has 11 heteroatoms. The maximum absolute atomic E-state index is 12.5. The number of aromatic nitrogens is 2. The van der Waals surface area contributed by atoms with Gasteiger partial charge in [0.25, 0.3) is 5.56 Å². The van der Waals surface area contributed by atoms with Gasteiger partial charge in [0, 0.05) is 4.88 Å². The van der Waals surface area contributed by atoms with E-state index in [1.165, 1.54) is 30.6 Å². The van der Waals surface area contributed by atoms with Crippen molar-refractivity contribution in [1.82, 2.24) is 9.97 Å². The molecule has 154 valence electrons. The Morgan fingerprint density at radius 2 is 2.00 bits per heavy atom. The largest absolute Gasteiger partial charge is 0.495 e. The summed E-state index contributed by atoms with van der Waals surface area (Å²) in [6.45, 7) is 5.30. The van der Waals surface area contributed by atoms with Crippen LogP contribution in [0, 0.1) is 13.8 Å². The Bertz CT molecular complexity index is 1280. The number of aryl methyl sites for hydroxylation is 2. The van der Waals surface area contributed by atoms with E-state index >= 15 is 0 Å². The van der Waals surface area contributed by atoms with Crippen molar-refractivity contribution in [3.8, 4) is 5.75 Å². The van der Waals surface area contributed by atoms with Crippen molar-refractivity contribution in [2.24, 2.45) is 5.14 Å². The number of aromatic amines is 1. The first-order valence-electron chi connectivity index (χ1n) is 8.44. The van der Waals surface area contributed by atoms with E-state index < -0.39 is 22.1 Å². The van der Waals surface area contributed by atoms with Gasteiger partial charge >= 0.3 is 5.97 Å². The van der Waals surface area contributed by atoms with Crippen molar-refractivity contribution in [1.29, 1.82) is 0 Å². The van der Waals surface area contributed by atoms with Crippen LogP contribution in [0.15, 0.2) is 27.9 Å². The molecule has 0 aliphatic heterocycles. The summed E-state index contributed by atoms with van der Waals surface area (Å²) < 4.78 is 33.8. The van der Waals surface area contributed by atoms with Gasteiger partial charge in [-0.15, -0.1) is 11.3 Å². The zero-order valence-corrected chi connectivity index (χ0v) is 17.7. The number of hydrogen-bond acceptors (Lipinski definition) is 8. The van der Waals surface area contributed by atoms with Crippen LogP contribution in [-0.4, -0.2) is 31.5 Å². The quantitative estimate of drug-likeness (QED) is 0.583. The fourth-order valence-corrected chi connectivity index (χ4v) is 4.53. The van der Waals surface area contributed by atoms with Crippen LogP contribution >= 0.6 is 11.3 Å². The number of carbonyl (C=O) groups is 1. The molecule has 0 bridgehead atoms. The molecule has 0 aliphatic carbocycles. The highest BCUT2D eigenvalue weighted by Crippen LogP contribution is 2.28. The molecule has 0 radical (unpaired) electrons. The van der Waals surface area contributed by atoms with Crippen LogP contribution in [0.4, 0.5) is 0 Å². The maximum Gasteiger partial charge on any atom is 0.338 e. The topological polar surface area (TPSA) is 141 Å². The number of fused-ring (bicyclic) bond motifs is 1. The van der Waals surface area contributed by atoms with E-state index in [9.17, 15) is 18.0 Å². The number of rotatable bonds is 5. The lowest BCUT2D eigenvalue weighted by atomic mass is 10.2. The Morgan fingerprint density at radius 1 is 1.31 bits per heavy atom. The molecule has 2 heterocycles. The van der Waals surface area contributed by atoms with E-state index in [0.29, 0.717) is 10.2 Å². The molecule has 3 rings (SSSR count). The minimum absolute atomic E-state index is 0.0111. The summed E-state index contributed by atoms with van der Waals surface area (Å²) in [5.74, 6) is -0.597. The Labute approximate surface area is 170 Å². The maximum atomic E-state index is 12.5. The van der Waals surface area contributed by atoms with Crippen molar-refractivity contribution in [2.75, 3.05) is 7.11 Å². The van der Waals surface area contributed by atoms with Gasteiger partial charge < -0.3 is 14.5 Å². The Morgan fingerprint density at radius 3 is 2.62 bits per heavy atom. The second-order valence-electron chi connectivity index (χ2n) is 6.37. The first kappa shape index (κ1) is 21.0. The third-order valence-corrected chi connectivity index (χ3v) is 6.47. The van der Waals surface area contributed by atoms with Gasteiger partial charge in [0.1, 0.15) is 15.5 Å². The third-order valence-electron chi connectivity index (χ3n) is 4.43. The van der Waals surface area contributed by atoms with Crippen LogP contribution in [0.1, 0.15) is 39.7 Å². The molecular formula is C18H19N3O6S2. The lowest BCUT2D eigenvalue weighted by Gasteiger charge is -2.14. The van der Waals surface area contributed by atoms with Gasteiger partial charge in [-0.25, -0.2) is 23.3 Å². The van der Waals surface area contributed by atoms with Gasteiger partial charge in [-0.2, -0.15) is 0 Å². The number of nitrogens with zero attached hydrogens (tertiary/aromatic N) is 1. The Balaban J connectivity index is 1.92. The highest BCUT2D eigenvalue weighted by Gasteiger charge is 2.22. The summed E-state index contributed by atoms with van der Waals surface area (Å²) in [4.78, 5) is 33.1. The zero-order valence-electron chi connectivity index (χ0n) is 16.1. The lowest BCUT2D eigenvalue weighted by Crippen LogP contribution is -2.18. The number of H-pyrrole nitrogens is 1. The van der Waals surface area contributed by atoms with Crippen LogP contribution < -0.4 is 15.4 Å². The Hall–Kier alpha value is -2.76. The number of methoxy groups -OCH3 is 1. The van der Waals surface area contributed by atoms with Crippen molar-refractivity contribution in [3.05, 3.63) is 50.4 Å². The van der Waals surface area contributed by atoms with Crippen LogP contribution in [0.25, 0.3) is 10.2 Å². The monoisotopic (exact) mass is 437 g/mol. The molecule has 0 amide bonds. The number of nitrogens with two attached hydrogens (primary N) is 1. The molecule has 0 fully saturated rings. The summed E-state index contributed by atoms with van der Waals surface area (Å²) >= 11 is 1.38. The predicted molar refractivity (Wildman–Crippen MR) is 108 cm³/mol. The molecule has 3 N–H and O–H groups in total. The van der Waals surface area contributed by atoms with Crippen LogP contribution in [-0.2, 0) is 14.8 Å². The number of benzene rings is 1. The van der Waals surface area contributed by atoms with Crippen LogP contribution in [0.3, 0.4) is 0 Å². The summed E-state index contributed by atoms with van der Waals surface area (Å²) in [6, 6.07) is 3.74. The average molecular weight is 437 g/mol. The number of hydrogen-bond donors (Lipinski definition) is 2. The minimum atomic E-state index is -4.11. The fraction of sp³-hybridized carbons (Fsp3) is 0.278. The zero-order chi connectivity index (χ0) is 21.5. The number of sulfonamides is 1. The fourth-order valence-electron chi connectivity index (χ4n) is 2.77. The summed E-state index contributed by atoms with van der Waals surface area (Å²) in [6.07, 6.45) is -0.873. The van der Waals surface area contributed by atoms with Crippen molar-refractivity contribution in [2.45, 2.75) is 31.8 Å². The van der Waals surface area contributed by atoms with Crippen molar-refractivity contribution >= 4 is 37.5 Å². The van der Waals surface area contributed by atoms with Gasteiger partial charge in [-0.3, -0.25) is 4.79 Å². The SMILES string of the molecule is COc1ccc(C(=O)O[C@@H](C)c2nc3sc(C)c(C)c3c(=O)[nH]2)cc1S(N)(=O)=O. The highest BCUT2D eigenvalue weighted by molar-refractivity contribution is 7.89. The highest BCUT2D eigenvalue weighted by atomic mass is 32.2. The average Bonchev–Trinajstić information content (AvgIpc) is 2.94. The Kier molecular flexibility index (Phi) is 5.48. The number of thiophene rings is 1. The van der Waals surface area contributed by atoms with Gasteiger partial charge in [-0.1, -0.05) is 0 Å². The standard InChI is InChI=1S/C18H19N3O6S2/c1-8-10(3)28-17-14(8)16(22)20-15(21-17)9(2)27-18(23)11-5-6-12(26-4)13(7-11)29(19,24)25/h5-7,9H,1-4H3,(H2,19,24,25)(H,20,21,22)/t9-/m0/s1. The molecule has 2 aromatic heterocycles. The van der Waals surface area contributed by atoms with Gasteiger partial charge in [0.15, 0.2) is 11.9 Å². The van der Waals surface area contributed by atoms with E-state index in [1.807, 2.05) is 13.8 Å². The van der Waals surface area contributed by atoms with E-state index in [2.05, 4.69) is 9.97 Å². The number of nitrogens with one attached hydrogen (secondary N) is 1. The van der Waals surface area contributed by atoms with E-state index in [0.717, 1.165) is 16.5 Å². The summed E-state index contributed by atoms with van der Waals surface area (Å²) in [5.41, 5.74) is 0.521. The first-order chi connectivity index (χ1) is 13.5. The van der Waals surface area contributed by atoms with Crippen LogP contribution in [0.5, 0.6) is 5.75 Å². The molecule has 1 aromatic carbocycles. The van der Waals surface area contributed by atoms with Crippen LogP contribution in [0.2, 0.25) is 0 Å². The molecule has 3 aromatic rings. The van der Waals surface area contributed by atoms with Crippen molar-refractivity contribution < 1.29 is 22.7 Å². The second kappa shape index (κ2) is 7.58. The molecule has 0 aliphatic rings. The number of primary sulfonamides is 1. The third kappa shape index (κ3) is 4.02. The van der Waals surface area contributed by atoms with E-state index in [4.69, 9.17) is 14.6 Å². The molecule has 0 spiro atoms. The summed E-state index contributed by atoms with van der Waals surface area (Å²) in [5, 5.41) is 5.69. The van der Waals surface area contributed by atoms with Crippen molar-refractivity contribution in [3.63, 3.8) is 0 Å². The molecule has 29 heavy (non-hydrogen) atoms. The normalized spacial score (nSPS) is 12.7. The van der Waals surface area contributed by atoms with Gasteiger partial charge in [0.05, 0.1) is 18.1 Å². The number of ether oxygens (including phenoxy) is 2. The number of esters is 1. The molecule has 0 saturated carbocycles. The predicted octanol–water partition coefficient (Wildman–Crippen LogP) is 2.18. The van der Waals surface area contributed by atoms with Gasteiger partial charge in [0.2, 0.25) is 10.0 Å². The first-order valence-corrected chi connectivity index (χ1v) is 10.8. The minimum Gasteiger partial charge on any atom is -0.495 e. The molecule has 0 saturated heterocycles. The smallest absolute Gasteiger partial charge is 0.338 e. The molecule has 0 unspecified atom stereocenters. The molecule has 1 atom stereocenters. The van der Waals surface area contributed by atoms with Gasteiger partial charge in [-0.05, 0) is 44.5 Å². The molecule has 9 nitrogen and oxygen atoms in total. The van der Waals surface area contributed by atoms with E-state index in [-0.39, 0.29) is 27.6 Å².